The summed E-state index contributed by atoms with van der Waals surface area (Å²) in [5.74, 6) is -0.334. The molecule has 1 saturated heterocycles. The first kappa shape index (κ1) is 16.7. The predicted octanol–water partition coefficient (Wildman–Crippen LogP) is 2.42. The third-order valence-corrected chi connectivity index (χ3v) is 5.79. The molecular formula is C20H21N3O3. The molecule has 2 heterocycles. The van der Waals surface area contributed by atoms with Gasteiger partial charge in [0.15, 0.2) is 0 Å². The number of fused-ring (bicyclic) bond motifs is 1. The van der Waals surface area contributed by atoms with E-state index in [-0.39, 0.29) is 11.3 Å². The number of nitrogens with one attached hydrogen (secondary N) is 1. The fourth-order valence-corrected chi connectivity index (χ4v) is 4.25. The third kappa shape index (κ3) is 2.57. The molecule has 1 fully saturated rings. The van der Waals surface area contributed by atoms with Crippen molar-refractivity contribution >= 4 is 17.5 Å². The molecule has 26 heavy (non-hydrogen) atoms. The van der Waals surface area contributed by atoms with Gasteiger partial charge in [-0.15, -0.1) is 0 Å². The zero-order valence-corrected chi connectivity index (χ0v) is 14.7. The summed E-state index contributed by atoms with van der Waals surface area (Å²) in [7, 11) is 0. The number of pyridine rings is 1. The molecule has 1 aliphatic heterocycles. The second kappa shape index (κ2) is 6.21. The summed E-state index contributed by atoms with van der Waals surface area (Å²) >= 11 is 0. The van der Waals surface area contributed by atoms with Crippen molar-refractivity contribution in [3.63, 3.8) is 0 Å². The normalized spacial score (nSPS) is 21.8. The van der Waals surface area contributed by atoms with Crippen molar-refractivity contribution in [3.05, 3.63) is 58.9 Å². The van der Waals surface area contributed by atoms with Crippen LogP contribution in [0.1, 0.15) is 39.9 Å². The zero-order chi connectivity index (χ0) is 18.3. The second-order valence-corrected chi connectivity index (χ2v) is 7.25. The highest BCUT2D eigenvalue weighted by Crippen LogP contribution is 2.45. The Labute approximate surface area is 151 Å². The van der Waals surface area contributed by atoms with Gasteiger partial charge in [0, 0.05) is 18.3 Å². The van der Waals surface area contributed by atoms with Crippen LogP contribution in [0.5, 0.6) is 0 Å². The lowest BCUT2D eigenvalue weighted by molar-refractivity contribution is -0.126. The Hall–Kier alpha value is -2.73. The maximum Gasteiger partial charge on any atom is 0.274 e. The molecule has 1 atom stereocenters. The molecule has 0 radical (unpaired) electrons. The number of carbonyl (C=O) groups is 2. The van der Waals surface area contributed by atoms with Crippen LogP contribution in [-0.2, 0) is 17.6 Å². The second-order valence-electron chi connectivity index (χ2n) is 7.25. The summed E-state index contributed by atoms with van der Waals surface area (Å²) in [4.78, 5) is 30.9. The van der Waals surface area contributed by atoms with Gasteiger partial charge in [0.25, 0.3) is 5.91 Å². The van der Waals surface area contributed by atoms with Crippen LogP contribution in [0.2, 0.25) is 0 Å². The molecule has 0 bridgehead atoms. The van der Waals surface area contributed by atoms with Crippen molar-refractivity contribution in [1.29, 1.82) is 0 Å². The third-order valence-electron chi connectivity index (χ3n) is 5.79. The van der Waals surface area contributed by atoms with Crippen LogP contribution in [0.3, 0.4) is 0 Å². The van der Waals surface area contributed by atoms with Crippen LogP contribution >= 0.6 is 0 Å². The largest absolute Gasteiger partial charge is 0.310 e. The molecule has 0 saturated carbocycles. The molecule has 0 unspecified atom stereocenters. The molecule has 6 nitrogen and oxygen atoms in total. The Morgan fingerprint density at radius 1 is 1.27 bits per heavy atom. The molecule has 134 valence electrons. The van der Waals surface area contributed by atoms with E-state index >= 15 is 0 Å². The summed E-state index contributed by atoms with van der Waals surface area (Å²) < 4.78 is 0. The Balaban J connectivity index is 1.61. The van der Waals surface area contributed by atoms with Gasteiger partial charge in [0.1, 0.15) is 0 Å². The molecule has 2 amide bonds. The standard InChI is InChI=1S/C20H21N3O3/c1-13-5-8-21-12-17(13)23-9-7-20(19(23)25)6-4-14-10-15(18(24)22-26)2-3-16(14)11-20/h2-3,5,8,10,12,26H,4,6-7,9,11H2,1H3,(H,22,24)/t20-/m1/s1. The van der Waals surface area contributed by atoms with Gasteiger partial charge in [0.05, 0.1) is 17.3 Å². The number of hydrogen-bond donors (Lipinski definition) is 2. The minimum atomic E-state index is -0.511. The van der Waals surface area contributed by atoms with E-state index in [0.717, 1.165) is 41.6 Å². The lowest BCUT2D eigenvalue weighted by atomic mass is 9.70. The monoisotopic (exact) mass is 351 g/mol. The first-order valence-corrected chi connectivity index (χ1v) is 8.83. The quantitative estimate of drug-likeness (QED) is 0.643. The van der Waals surface area contributed by atoms with Crippen LogP contribution in [0.15, 0.2) is 36.7 Å². The SMILES string of the molecule is Cc1ccncc1N1CC[C@@]2(CCc3cc(C(=O)NO)ccc3C2)C1=O. The molecule has 2 aromatic rings. The highest BCUT2D eigenvalue weighted by Gasteiger charge is 2.48. The van der Waals surface area contributed by atoms with E-state index in [9.17, 15) is 9.59 Å². The van der Waals surface area contributed by atoms with Crippen molar-refractivity contribution in [1.82, 2.24) is 10.5 Å². The Bertz CT molecular complexity index is 896. The first-order chi connectivity index (χ1) is 12.5. The predicted molar refractivity (Wildman–Crippen MR) is 96.1 cm³/mol. The molecule has 2 aliphatic rings. The number of anilines is 1. The fraction of sp³-hybridized carbons (Fsp3) is 0.350. The van der Waals surface area contributed by atoms with E-state index in [1.807, 2.05) is 30.0 Å². The molecule has 6 heteroatoms. The van der Waals surface area contributed by atoms with Gasteiger partial charge in [0.2, 0.25) is 5.91 Å². The lowest BCUT2D eigenvalue weighted by Gasteiger charge is -2.33. The Morgan fingerprint density at radius 3 is 2.88 bits per heavy atom. The summed E-state index contributed by atoms with van der Waals surface area (Å²) in [5.41, 5.74) is 5.89. The number of aromatic nitrogens is 1. The highest BCUT2D eigenvalue weighted by atomic mass is 16.5. The van der Waals surface area contributed by atoms with E-state index in [4.69, 9.17) is 5.21 Å². The van der Waals surface area contributed by atoms with Crippen molar-refractivity contribution in [2.45, 2.75) is 32.6 Å². The average Bonchev–Trinajstić information content (AvgIpc) is 2.97. The number of amides is 2. The zero-order valence-electron chi connectivity index (χ0n) is 14.7. The number of nitrogens with zero attached hydrogens (tertiary/aromatic N) is 2. The van der Waals surface area contributed by atoms with Crippen LogP contribution in [0, 0.1) is 12.3 Å². The molecule has 1 aliphatic carbocycles. The van der Waals surface area contributed by atoms with E-state index in [1.54, 1.807) is 23.9 Å². The average molecular weight is 351 g/mol. The van der Waals surface area contributed by atoms with Crippen LogP contribution in [0.25, 0.3) is 0 Å². The maximum absolute atomic E-state index is 13.3. The highest BCUT2D eigenvalue weighted by molar-refractivity contribution is 6.00. The molecule has 1 spiro atoms. The van der Waals surface area contributed by atoms with Crippen molar-refractivity contribution in [2.75, 3.05) is 11.4 Å². The molecule has 1 aromatic carbocycles. The minimum absolute atomic E-state index is 0.177. The number of benzene rings is 1. The van der Waals surface area contributed by atoms with Crippen LogP contribution in [-0.4, -0.2) is 28.6 Å². The van der Waals surface area contributed by atoms with Crippen molar-refractivity contribution in [3.8, 4) is 0 Å². The van der Waals surface area contributed by atoms with Crippen LogP contribution in [0.4, 0.5) is 5.69 Å². The lowest BCUT2D eigenvalue weighted by Crippen LogP contribution is -2.39. The van der Waals surface area contributed by atoms with Gasteiger partial charge in [-0.25, -0.2) is 5.48 Å². The molecule has 1 aromatic heterocycles. The van der Waals surface area contributed by atoms with Crippen molar-refractivity contribution in [2.24, 2.45) is 5.41 Å². The van der Waals surface area contributed by atoms with Gasteiger partial charge in [-0.2, -0.15) is 0 Å². The van der Waals surface area contributed by atoms with E-state index in [1.165, 1.54) is 0 Å². The Morgan fingerprint density at radius 2 is 2.12 bits per heavy atom. The summed E-state index contributed by atoms with van der Waals surface area (Å²) in [6, 6.07) is 7.35. The number of rotatable bonds is 2. The van der Waals surface area contributed by atoms with Gasteiger partial charge in [-0.05, 0) is 67.5 Å². The first-order valence-electron chi connectivity index (χ1n) is 8.83. The van der Waals surface area contributed by atoms with Crippen LogP contribution < -0.4 is 10.4 Å². The summed E-state index contributed by atoms with van der Waals surface area (Å²) in [5, 5.41) is 8.80. The fourth-order valence-electron chi connectivity index (χ4n) is 4.25. The number of carbonyl (C=O) groups excluding carboxylic acids is 2. The number of aryl methyl sites for hydroxylation is 2. The smallest absolute Gasteiger partial charge is 0.274 e. The number of hydroxylamine groups is 1. The summed E-state index contributed by atoms with van der Waals surface area (Å²) in [6.07, 6.45) is 6.57. The van der Waals surface area contributed by atoms with E-state index in [2.05, 4.69) is 4.98 Å². The van der Waals surface area contributed by atoms with Gasteiger partial charge in [-0.3, -0.25) is 19.8 Å². The minimum Gasteiger partial charge on any atom is -0.310 e. The topological polar surface area (TPSA) is 82.5 Å². The molecular weight excluding hydrogens is 330 g/mol. The Kier molecular flexibility index (Phi) is 4.00. The maximum atomic E-state index is 13.3. The van der Waals surface area contributed by atoms with Crippen molar-refractivity contribution < 1.29 is 14.8 Å². The van der Waals surface area contributed by atoms with E-state index < -0.39 is 5.91 Å². The number of hydrogen-bond acceptors (Lipinski definition) is 4. The molecule has 4 rings (SSSR count). The summed E-state index contributed by atoms with van der Waals surface area (Å²) in [6.45, 7) is 2.71. The van der Waals surface area contributed by atoms with Gasteiger partial charge < -0.3 is 4.90 Å². The van der Waals surface area contributed by atoms with Gasteiger partial charge in [-0.1, -0.05) is 6.07 Å². The molecule has 2 N–H and O–H groups in total. The van der Waals surface area contributed by atoms with Gasteiger partial charge >= 0.3 is 0 Å². The van der Waals surface area contributed by atoms with E-state index in [0.29, 0.717) is 18.5 Å².